The van der Waals surface area contributed by atoms with Gasteiger partial charge in [-0.3, -0.25) is 19.7 Å². The average Bonchev–Trinajstić information content (AvgIpc) is 3.38. The number of hydrogen-bond acceptors (Lipinski definition) is 7. The maximum atomic E-state index is 12.6. The van der Waals surface area contributed by atoms with Gasteiger partial charge in [0.2, 0.25) is 5.13 Å². The lowest BCUT2D eigenvalue weighted by Crippen LogP contribution is -2.16. The lowest BCUT2D eigenvalue weighted by Gasteiger charge is -2.06. The normalized spacial score (nSPS) is 10.6. The Morgan fingerprint density at radius 2 is 1.89 bits per heavy atom. The highest BCUT2D eigenvalue weighted by Gasteiger charge is 2.16. The Kier molecular flexibility index (Phi) is 5.27. The summed E-state index contributed by atoms with van der Waals surface area (Å²) in [5.41, 5.74) is 2.10. The Balaban J connectivity index is 1.41. The van der Waals surface area contributed by atoms with Gasteiger partial charge in [0.1, 0.15) is 12.3 Å². The van der Waals surface area contributed by atoms with Crippen LogP contribution in [0.2, 0.25) is 5.02 Å². The minimum absolute atomic E-state index is 0.328. The van der Waals surface area contributed by atoms with E-state index in [-0.39, 0.29) is 5.91 Å². The molecular formula is C18H13ClN6O2S. The molecule has 0 fully saturated rings. The van der Waals surface area contributed by atoms with Gasteiger partial charge in [-0.05, 0) is 41.2 Å². The van der Waals surface area contributed by atoms with Crippen molar-refractivity contribution in [2.45, 2.75) is 6.61 Å². The highest BCUT2D eigenvalue weighted by molar-refractivity contribution is 7.17. The van der Waals surface area contributed by atoms with Gasteiger partial charge in [0.15, 0.2) is 0 Å². The zero-order chi connectivity index (χ0) is 19.3. The lowest BCUT2D eigenvalue weighted by molar-refractivity contribution is 0.102. The summed E-state index contributed by atoms with van der Waals surface area (Å²) in [6.07, 6.45) is 6.33. The number of hydrogen-bond donors (Lipinski definition) is 1. The Labute approximate surface area is 168 Å². The third kappa shape index (κ3) is 4.16. The molecule has 1 N–H and O–H groups in total. The van der Waals surface area contributed by atoms with Gasteiger partial charge in [-0.2, -0.15) is 0 Å². The maximum Gasteiger partial charge on any atom is 0.296 e. The lowest BCUT2D eigenvalue weighted by atomic mass is 10.2. The van der Waals surface area contributed by atoms with E-state index in [4.69, 9.17) is 16.3 Å². The minimum Gasteiger partial charge on any atom is -0.464 e. The fraction of sp³-hybridized carbons (Fsp3) is 0.0556. The van der Waals surface area contributed by atoms with Crippen molar-refractivity contribution < 1.29 is 9.53 Å². The van der Waals surface area contributed by atoms with Crippen molar-refractivity contribution >= 4 is 34.0 Å². The van der Waals surface area contributed by atoms with Gasteiger partial charge in [0.05, 0.1) is 18.2 Å². The number of anilines is 1. The molecule has 0 spiro atoms. The zero-order valence-corrected chi connectivity index (χ0v) is 15.9. The number of halogens is 1. The third-order valence-corrected chi connectivity index (χ3v) is 4.72. The van der Waals surface area contributed by atoms with Crippen molar-refractivity contribution in [2.24, 2.45) is 0 Å². The van der Waals surface area contributed by atoms with Crippen molar-refractivity contribution in [1.82, 2.24) is 24.7 Å². The number of nitrogens with one attached hydrogen (secondary N) is 1. The van der Waals surface area contributed by atoms with Gasteiger partial charge in [-0.25, -0.2) is 4.98 Å². The predicted molar refractivity (Wildman–Crippen MR) is 105 cm³/mol. The minimum atomic E-state index is -0.352. The summed E-state index contributed by atoms with van der Waals surface area (Å²) in [5.74, 6) is -0.352. The number of carbonyl (C=O) groups excluding carboxylic acids is 1. The fourth-order valence-corrected chi connectivity index (χ4v) is 3.10. The summed E-state index contributed by atoms with van der Waals surface area (Å²) in [4.78, 5) is 20.6. The average molecular weight is 413 g/mol. The molecule has 0 atom stereocenters. The van der Waals surface area contributed by atoms with E-state index in [0.717, 1.165) is 22.6 Å². The largest absolute Gasteiger partial charge is 0.464 e. The molecule has 4 aromatic rings. The Bertz CT molecular complexity index is 1080. The van der Waals surface area contributed by atoms with E-state index in [1.807, 2.05) is 12.1 Å². The van der Waals surface area contributed by atoms with Crippen LogP contribution in [-0.4, -0.2) is 30.6 Å². The third-order valence-electron chi connectivity index (χ3n) is 3.71. The van der Waals surface area contributed by atoms with Crippen LogP contribution in [0.15, 0.2) is 61.3 Å². The maximum absolute atomic E-state index is 12.6. The van der Waals surface area contributed by atoms with Gasteiger partial charge in [-0.15, -0.1) is 5.10 Å². The molecule has 0 aliphatic carbocycles. The van der Waals surface area contributed by atoms with Crippen molar-refractivity contribution in [1.29, 1.82) is 0 Å². The molecule has 0 bridgehead atoms. The molecule has 140 valence electrons. The van der Waals surface area contributed by atoms with Crippen LogP contribution in [0, 0.1) is 0 Å². The fourth-order valence-electron chi connectivity index (χ4n) is 2.38. The van der Waals surface area contributed by atoms with Gasteiger partial charge >= 0.3 is 0 Å². The van der Waals surface area contributed by atoms with Crippen molar-refractivity contribution in [2.75, 3.05) is 5.32 Å². The molecule has 0 saturated heterocycles. The van der Waals surface area contributed by atoms with Crippen molar-refractivity contribution in [3.63, 3.8) is 0 Å². The molecule has 1 aromatic carbocycles. The Morgan fingerprint density at radius 1 is 1.11 bits per heavy atom. The number of aromatic nitrogens is 5. The van der Waals surface area contributed by atoms with Crippen LogP contribution in [0.3, 0.4) is 0 Å². The first kappa shape index (κ1) is 18.1. The molecule has 0 radical (unpaired) electrons. The Morgan fingerprint density at radius 3 is 2.68 bits per heavy atom. The van der Waals surface area contributed by atoms with Gasteiger partial charge in [0.25, 0.3) is 11.1 Å². The summed E-state index contributed by atoms with van der Waals surface area (Å²) in [6.45, 7) is 0.328. The van der Waals surface area contributed by atoms with E-state index < -0.39 is 0 Å². The quantitative estimate of drug-likeness (QED) is 0.520. The molecular weight excluding hydrogens is 400 g/mol. The molecule has 0 unspecified atom stereocenters. The van der Waals surface area contributed by atoms with Gasteiger partial charge in [0, 0.05) is 17.4 Å². The first-order valence-corrected chi connectivity index (χ1v) is 9.33. The van der Waals surface area contributed by atoms with Gasteiger partial charge < -0.3 is 4.74 Å². The van der Waals surface area contributed by atoms with E-state index in [1.165, 1.54) is 6.20 Å². The molecule has 0 saturated carbocycles. The molecule has 3 aromatic heterocycles. The van der Waals surface area contributed by atoms with E-state index >= 15 is 0 Å². The van der Waals surface area contributed by atoms with Crippen LogP contribution in [0.4, 0.5) is 5.13 Å². The highest BCUT2D eigenvalue weighted by atomic mass is 35.5. The monoisotopic (exact) mass is 412 g/mol. The standard InChI is InChI=1S/C18H13ClN6O2S/c19-13-3-1-12(2-4-13)10-27-18-24-23-17(28-18)22-16(26)15-9-21-11-25(15)14-5-7-20-8-6-14/h1-9,11H,10H2,(H,22,23,26). The number of pyridine rings is 1. The SMILES string of the molecule is O=C(Nc1nnc(OCc2ccc(Cl)cc2)s1)c1cncn1-c1ccncc1. The van der Waals surface area contributed by atoms with Crippen LogP contribution in [-0.2, 0) is 6.61 Å². The second kappa shape index (κ2) is 8.15. The summed E-state index contributed by atoms with van der Waals surface area (Å²) in [6, 6.07) is 10.9. The molecule has 0 aliphatic heterocycles. The smallest absolute Gasteiger partial charge is 0.296 e. The zero-order valence-electron chi connectivity index (χ0n) is 14.3. The topological polar surface area (TPSA) is 94.8 Å². The molecule has 8 nitrogen and oxygen atoms in total. The van der Waals surface area contributed by atoms with Gasteiger partial charge in [-0.1, -0.05) is 28.8 Å². The van der Waals surface area contributed by atoms with Crippen LogP contribution >= 0.6 is 22.9 Å². The van der Waals surface area contributed by atoms with Crippen molar-refractivity contribution in [3.05, 3.63) is 77.6 Å². The molecule has 0 aliphatic rings. The number of amides is 1. The number of nitrogens with zero attached hydrogens (tertiary/aromatic N) is 5. The van der Waals surface area contributed by atoms with E-state index in [1.54, 1.807) is 47.6 Å². The summed E-state index contributed by atoms with van der Waals surface area (Å²) in [5, 5.41) is 11.9. The molecule has 3 heterocycles. The van der Waals surface area contributed by atoms with Crippen LogP contribution in [0.1, 0.15) is 16.1 Å². The summed E-state index contributed by atoms with van der Waals surface area (Å²) < 4.78 is 7.27. The summed E-state index contributed by atoms with van der Waals surface area (Å²) in [7, 11) is 0. The number of imidazole rings is 1. The van der Waals surface area contributed by atoms with E-state index in [9.17, 15) is 4.79 Å². The van der Waals surface area contributed by atoms with E-state index in [0.29, 0.717) is 27.6 Å². The van der Waals surface area contributed by atoms with E-state index in [2.05, 4.69) is 25.5 Å². The Hall–Kier alpha value is -3.30. The van der Waals surface area contributed by atoms with Crippen LogP contribution in [0.5, 0.6) is 5.19 Å². The number of carbonyl (C=O) groups is 1. The summed E-state index contributed by atoms with van der Waals surface area (Å²) >= 11 is 7.00. The van der Waals surface area contributed by atoms with Crippen LogP contribution < -0.4 is 10.1 Å². The first-order valence-electron chi connectivity index (χ1n) is 8.14. The predicted octanol–water partition coefficient (Wildman–Crippen LogP) is 3.60. The molecule has 10 heteroatoms. The molecule has 28 heavy (non-hydrogen) atoms. The number of ether oxygens (including phenoxy) is 1. The van der Waals surface area contributed by atoms with Crippen molar-refractivity contribution in [3.8, 4) is 10.9 Å². The molecule has 4 rings (SSSR count). The number of rotatable bonds is 6. The second-order valence-corrected chi connectivity index (χ2v) is 6.97. The highest BCUT2D eigenvalue weighted by Crippen LogP contribution is 2.24. The second-order valence-electron chi connectivity index (χ2n) is 5.60. The van der Waals surface area contributed by atoms with Crippen LogP contribution in [0.25, 0.3) is 5.69 Å². The first-order chi connectivity index (χ1) is 13.7. The molecule has 1 amide bonds. The number of benzene rings is 1.